The average molecular weight is 381 g/mol. The number of rotatable bonds is 4. The Morgan fingerprint density at radius 1 is 1.00 bits per heavy atom. The third kappa shape index (κ3) is 3.98. The molecular weight excluding hydrogens is 360 g/mol. The molecule has 0 radical (unpaired) electrons. The molecule has 1 aromatic heterocycles. The number of carbonyl (C=O) groups is 1. The minimum Gasteiger partial charge on any atom is -0.370 e. The summed E-state index contributed by atoms with van der Waals surface area (Å²) in [6, 6.07) is 17.1. The Kier molecular flexibility index (Phi) is 5.12. The van der Waals surface area contributed by atoms with E-state index in [1.807, 2.05) is 42.5 Å². The van der Waals surface area contributed by atoms with E-state index in [9.17, 15) is 4.79 Å². The predicted octanol–water partition coefficient (Wildman–Crippen LogP) is 4.77. The summed E-state index contributed by atoms with van der Waals surface area (Å²) in [6.07, 6.45) is 5.37. The van der Waals surface area contributed by atoms with Crippen molar-refractivity contribution in [2.45, 2.75) is 19.3 Å². The van der Waals surface area contributed by atoms with Crippen molar-refractivity contribution in [3.8, 4) is 5.69 Å². The highest BCUT2D eigenvalue weighted by atomic mass is 35.5. The van der Waals surface area contributed by atoms with Crippen molar-refractivity contribution in [1.29, 1.82) is 0 Å². The van der Waals surface area contributed by atoms with Gasteiger partial charge in [-0.05, 0) is 55.7 Å². The molecule has 0 unspecified atom stereocenters. The number of benzene rings is 2. The topological polar surface area (TPSA) is 50.2 Å². The molecule has 6 heteroatoms. The number of piperidine rings is 1. The molecule has 138 valence electrons. The fourth-order valence-electron chi connectivity index (χ4n) is 3.37. The molecule has 0 saturated carbocycles. The number of para-hydroxylation sites is 1. The van der Waals surface area contributed by atoms with Crippen molar-refractivity contribution >= 4 is 28.9 Å². The molecule has 4 rings (SSSR count). The second kappa shape index (κ2) is 7.84. The maximum atomic E-state index is 12.8. The summed E-state index contributed by atoms with van der Waals surface area (Å²) in [5.41, 5.74) is 3.01. The van der Waals surface area contributed by atoms with Crippen LogP contribution in [0.4, 0.5) is 11.4 Å². The van der Waals surface area contributed by atoms with Gasteiger partial charge in [-0.25, -0.2) is 4.68 Å². The average Bonchev–Trinajstić information content (AvgIpc) is 3.20. The molecule has 27 heavy (non-hydrogen) atoms. The van der Waals surface area contributed by atoms with Gasteiger partial charge >= 0.3 is 0 Å². The van der Waals surface area contributed by atoms with E-state index in [-0.39, 0.29) is 5.91 Å². The fourth-order valence-corrected chi connectivity index (χ4v) is 3.55. The molecule has 2 aromatic carbocycles. The van der Waals surface area contributed by atoms with E-state index in [0.29, 0.717) is 10.7 Å². The van der Waals surface area contributed by atoms with E-state index >= 15 is 0 Å². The largest absolute Gasteiger partial charge is 0.370 e. The second-order valence-electron chi connectivity index (χ2n) is 6.64. The van der Waals surface area contributed by atoms with Crippen LogP contribution in [-0.4, -0.2) is 28.8 Å². The first-order valence-corrected chi connectivity index (χ1v) is 9.55. The van der Waals surface area contributed by atoms with E-state index in [1.165, 1.54) is 6.42 Å². The van der Waals surface area contributed by atoms with Gasteiger partial charge in [-0.3, -0.25) is 4.79 Å². The molecule has 1 N–H and O–H groups in total. The summed E-state index contributed by atoms with van der Waals surface area (Å²) in [7, 11) is 0. The highest BCUT2D eigenvalue weighted by Gasteiger charge is 2.18. The van der Waals surface area contributed by atoms with Crippen LogP contribution in [0.3, 0.4) is 0 Å². The van der Waals surface area contributed by atoms with E-state index in [4.69, 9.17) is 11.6 Å². The minimum absolute atomic E-state index is 0.245. The van der Waals surface area contributed by atoms with Crippen molar-refractivity contribution in [2.24, 2.45) is 0 Å². The quantitative estimate of drug-likeness (QED) is 0.709. The number of carbonyl (C=O) groups excluding carboxylic acids is 1. The van der Waals surface area contributed by atoms with Gasteiger partial charge in [0.2, 0.25) is 0 Å². The van der Waals surface area contributed by atoms with E-state index in [1.54, 1.807) is 23.0 Å². The zero-order valence-electron chi connectivity index (χ0n) is 14.9. The maximum Gasteiger partial charge on any atom is 0.276 e. The van der Waals surface area contributed by atoms with Gasteiger partial charge in [0.1, 0.15) is 0 Å². The number of nitrogens with one attached hydrogen (secondary N) is 1. The van der Waals surface area contributed by atoms with Crippen LogP contribution in [0.1, 0.15) is 29.8 Å². The lowest BCUT2D eigenvalue weighted by Gasteiger charge is -2.30. The number of halogens is 1. The summed E-state index contributed by atoms with van der Waals surface area (Å²) >= 11 is 6.18. The van der Waals surface area contributed by atoms with E-state index in [0.717, 1.165) is 43.0 Å². The zero-order valence-corrected chi connectivity index (χ0v) is 15.7. The first kappa shape index (κ1) is 17.6. The standard InChI is InChI=1S/C21H21ClN4O/c22-16-9-10-20(25-12-5-2-6-13-25)19(15-16)23-21(27)18-11-14-26(24-18)17-7-3-1-4-8-17/h1,3-4,7-11,14-15H,2,5-6,12-13H2,(H,23,27). The summed E-state index contributed by atoms with van der Waals surface area (Å²) < 4.78 is 1.69. The van der Waals surface area contributed by atoms with Crippen molar-refractivity contribution in [2.75, 3.05) is 23.3 Å². The number of hydrogen-bond acceptors (Lipinski definition) is 3. The first-order chi connectivity index (χ1) is 13.2. The van der Waals surface area contributed by atoms with Crippen LogP contribution >= 0.6 is 11.6 Å². The predicted molar refractivity (Wildman–Crippen MR) is 109 cm³/mol. The molecule has 1 aliphatic rings. The molecule has 1 amide bonds. The summed E-state index contributed by atoms with van der Waals surface area (Å²) in [5.74, 6) is -0.245. The third-order valence-corrected chi connectivity index (χ3v) is 4.98. The number of aromatic nitrogens is 2. The fraction of sp³-hybridized carbons (Fsp3) is 0.238. The highest BCUT2D eigenvalue weighted by Crippen LogP contribution is 2.31. The number of amides is 1. The third-order valence-electron chi connectivity index (χ3n) is 4.75. The Labute approximate surface area is 163 Å². The first-order valence-electron chi connectivity index (χ1n) is 9.18. The van der Waals surface area contributed by atoms with Crippen molar-refractivity contribution in [1.82, 2.24) is 9.78 Å². The molecule has 0 atom stereocenters. The van der Waals surface area contributed by atoms with E-state index < -0.39 is 0 Å². The van der Waals surface area contributed by atoms with Crippen LogP contribution < -0.4 is 10.2 Å². The normalized spacial score (nSPS) is 14.2. The number of hydrogen-bond donors (Lipinski definition) is 1. The minimum atomic E-state index is -0.245. The van der Waals surface area contributed by atoms with Gasteiger partial charge in [0.05, 0.1) is 17.1 Å². The van der Waals surface area contributed by atoms with Gasteiger partial charge in [-0.2, -0.15) is 5.10 Å². The van der Waals surface area contributed by atoms with Gasteiger partial charge in [0, 0.05) is 24.3 Å². The Morgan fingerprint density at radius 2 is 1.78 bits per heavy atom. The molecular formula is C21H21ClN4O. The van der Waals surface area contributed by atoms with Crippen LogP contribution in [0.5, 0.6) is 0 Å². The Hall–Kier alpha value is -2.79. The molecule has 3 aromatic rings. The SMILES string of the molecule is O=C(Nc1cc(Cl)ccc1N1CCCCC1)c1ccn(-c2ccccc2)n1. The van der Waals surface area contributed by atoms with Crippen LogP contribution in [0.15, 0.2) is 60.8 Å². The van der Waals surface area contributed by atoms with Crippen LogP contribution in [0.2, 0.25) is 5.02 Å². The van der Waals surface area contributed by atoms with E-state index in [2.05, 4.69) is 15.3 Å². The van der Waals surface area contributed by atoms with Gasteiger partial charge in [0.25, 0.3) is 5.91 Å². The van der Waals surface area contributed by atoms with Gasteiger partial charge in [-0.15, -0.1) is 0 Å². The number of nitrogens with zero attached hydrogens (tertiary/aromatic N) is 3. The smallest absolute Gasteiger partial charge is 0.276 e. The lowest BCUT2D eigenvalue weighted by atomic mass is 10.1. The van der Waals surface area contributed by atoms with Crippen LogP contribution in [-0.2, 0) is 0 Å². The molecule has 1 saturated heterocycles. The molecule has 0 aliphatic carbocycles. The summed E-state index contributed by atoms with van der Waals surface area (Å²) in [6.45, 7) is 1.99. The molecule has 1 aliphatic heterocycles. The Balaban J connectivity index is 1.56. The molecule has 1 fully saturated rings. The Bertz CT molecular complexity index is 932. The van der Waals surface area contributed by atoms with Crippen LogP contribution in [0, 0.1) is 0 Å². The molecule has 5 nitrogen and oxygen atoms in total. The number of anilines is 2. The molecule has 0 spiro atoms. The van der Waals surface area contributed by atoms with Gasteiger partial charge in [-0.1, -0.05) is 29.8 Å². The monoisotopic (exact) mass is 380 g/mol. The summed E-state index contributed by atoms with van der Waals surface area (Å²) in [4.78, 5) is 15.1. The summed E-state index contributed by atoms with van der Waals surface area (Å²) in [5, 5.41) is 7.99. The highest BCUT2D eigenvalue weighted by molar-refractivity contribution is 6.31. The van der Waals surface area contributed by atoms with Gasteiger partial charge in [0.15, 0.2) is 5.69 Å². The lowest BCUT2D eigenvalue weighted by Crippen LogP contribution is -2.30. The van der Waals surface area contributed by atoms with Crippen molar-refractivity contribution in [3.63, 3.8) is 0 Å². The zero-order chi connectivity index (χ0) is 18.6. The second-order valence-corrected chi connectivity index (χ2v) is 7.08. The molecule has 0 bridgehead atoms. The van der Waals surface area contributed by atoms with Crippen molar-refractivity contribution < 1.29 is 4.79 Å². The molecule has 2 heterocycles. The lowest BCUT2D eigenvalue weighted by molar-refractivity contribution is 0.102. The van der Waals surface area contributed by atoms with Crippen LogP contribution in [0.25, 0.3) is 5.69 Å². The maximum absolute atomic E-state index is 12.8. The van der Waals surface area contributed by atoms with Crippen molar-refractivity contribution in [3.05, 3.63) is 71.5 Å². The van der Waals surface area contributed by atoms with Gasteiger partial charge < -0.3 is 10.2 Å². The Morgan fingerprint density at radius 3 is 2.56 bits per heavy atom.